The quantitative estimate of drug-likeness (QED) is 0.339. The van der Waals surface area contributed by atoms with Gasteiger partial charge in [-0.2, -0.15) is 0 Å². The van der Waals surface area contributed by atoms with Gasteiger partial charge in [-0.15, -0.1) is 0 Å². The minimum absolute atomic E-state index is 0. The van der Waals surface area contributed by atoms with Crippen molar-refractivity contribution in [1.82, 2.24) is 0 Å². The maximum atomic E-state index is 11.2. The summed E-state index contributed by atoms with van der Waals surface area (Å²) in [7, 11) is 4.10. The summed E-state index contributed by atoms with van der Waals surface area (Å²) in [6.07, 6.45) is 1.40. The number of hydrogen-bond acceptors (Lipinski definition) is 1. The van der Waals surface area contributed by atoms with Gasteiger partial charge in [0.15, 0.2) is 0 Å². The first-order valence-electron chi connectivity index (χ1n) is 3.94. The van der Waals surface area contributed by atoms with E-state index in [1.165, 1.54) is 6.08 Å². The van der Waals surface area contributed by atoms with E-state index in [0.717, 1.165) is 11.0 Å². The highest BCUT2D eigenvalue weighted by Gasteiger charge is 2.26. The summed E-state index contributed by atoms with van der Waals surface area (Å²) in [5.41, 5.74) is 0. The summed E-state index contributed by atoms with van der Waals surface area (Å²) in [4.78, 5) is 11.2. The molecule has 0 bridgehead atoms. The molecule has 0 aliphatic heterocycles. The van der Waals surface area contributed by atoms with Gasteiger partial charge in [0.05, 0.1) is 20.6 Å². The first-order chi connectivity index (χ1) is 4.95. The van der Waals surface area contributed by atoms with Crippen LogP contribution >= 0.6 is 0 Å². The Bertz CT molecular complexity index is 166. The van der Waals surface area contributed by atoms with Crippen LogP contribution in [0.25, 0.3) is 0 Å². The molecule has 0 heterocycles. The van der Waals surface area contributed by atoms with Crippen LogP contribution in [0.1, 0.15) is 13.8 Å². The number of carbonyl (C=O) groups excluding carboxylic acids is 1. The molecule has 0 rings (SSSR count). The Morgan fingerprint density at radius 3 is 2.25 bits per heavy atom. The molecule has 0 aromatic heterocycles. The van der Waals surface area contributed by atoms with Gasteiger partial charge in [-0.25, -0.2) is 0 Å². The maximum Gasteiger partial charge on any atom is 0.211 e. The number of quaternary nitrogens is 1. The Hall–Kier alpha value is 0.1000. The van der Waals surface area contributed by atoms with Crippen molar-refractivity contribution in [3.8, 4) is 0 Å². The van der Waals surface area contributed by atoms with Crippen molar-refractivity contribution in [2.75, 3.05) is 20.6 Å². The summed E-state index contributed by atoms with van der Waals surface area (Å²) in [5.74, 6) is 0.122. The Balaban J connectivity index is 0. The molecule has 2 nitrogen and oxygen atoms in total. The fourth-order valence-electron chi connectivity index (χ4n) is 0.789. The van der Waals surface area contributed by atoms with E-state index >= 15 is 0 Å². The van der Waals surface area contributed by atoms with Gasteiger partial charge in [-0.05, 0) is 19.9 Å². The summed E-state index contributed by atoms with van der Waals surface area (Å²) in [6, 6.07) is 0.0255. The van der Waals surface area contributed by atoms with Gasteiger partial charge >= 0.3 is 0 Å². The zero-order chi connectivity index (χ0) is 9.07. The van der Waals surface area contributed by atoms with Crippen LogP contribution in [0.15, 0.2) is 12.7 Å². The molecule has 3 heteroatoms. The molecule has 1 unspecified atom stereocenters. The first kappa shape index (κ1) is 14.6. The van der Waals surface area contributed by atoms with Crippen molar-refractivity contribution < 1.29 is 33.3 Å². The van der Waals surface area contributed by atoms with Gasteiger partial charge < -0.3 is 28.5 Å². The van der Waals surface area contributed by atoms with Crippen molar-refractivity contribution in [3.05, 3.63) is 12.7 Å². The van der Waals surface area contributed by atoms with Crippen molar-refractivity contribution >= 4 is 5.78 Å². The average Bonchev–Trinajstić information content (AvgIpc) is 2.01. The highest BCUT2D eigenvalue weighted by Crippen LogP contribution is 2.06. The van der Waals surface area contributed by atoms with Gasteiger partial charge in [0.1, 0.15) is 6.04 Å². The van der Waals surface area contributed by atoms with E-state index in [-0.39, 0.29) is 35.8 Å². The van der Waals surface area contributed by atoms with Crippen LogP contribution < -0.4 is 24.0 Å². The van der Waals surface area contributed by atoms with Crippen LogP contribution in [0, 0.1) is 0 Å². The lowest BCUT2D eigenvalue weighted by molar-refractivity contribution is -0.901. The van der Waals surface area contributed by atoms with Gasteiger partial charge in [0.25, 0.3) is 0 Å². The highest BCUT2D eigenvalue weighted by atomic mass is 127. The number of nitrogens with zero attached hydrogens (tertiary/aromatic N) is 1. The molecular formula is C9H18INO. The predicted octanol–water partition coefficient (Wildman–Crippen LogP) is -1.77. The number of likely N-dealkylation sites (N-methyl/N-ethyl adjacent to an activating group) is 1. The Morgan fingerprint density at radius 2 is 2.00 bits per heavy atom. The number of carbonyl (C=O) groups is 1. The van der Waals surface area contributed by atoms with E-state index < -0.39 is 0 Å². The standard InChI is InChI=1S/C9H18NO.HI/c1-6-9(11)8(3)10(4,5)7-2;/h6,8H,1,7H2,2-5H3;1H/q+1;/p-1. The van der Waals surface area contributed by atoms with E-state index in [4.69, 9.17) is 0 Å². The molecule has 0 saturated carbocycles. The Labute approximate surface area is 92.2 Å². The van der Waals surface area contributed by atoms with Crippen molar-refractivity contribution in [2.24, 2.45) is 0 Å². The van der Waals surface area contributed by atoms with Crippen LogP contribution in [0.3, 0.4) is 0 Å². The maximum absolute atomic E-state index is 11.2. The van der Waals surface area contributed by atoms with E-state index in [1.54, 1.807) is 0 Å². The molecule has 0 aromatic rings. The summed E-state index contributed by atoms with van der Waals surface area (Å²) in [6.45, 7) is 8.44. The minimum Gasteiger partial charge on any atom is -1.00 e. The van der Waals surface area contributed by atoms with Gasteiger partial charge in [-0.1, -0.05) is 6.58 Å². The second-order valence-corrected chi connectivity index (χ2v) is 3.38. The van der Waals surface area contributed by atoms with Crippen molar-refractivity contribution in [2.45, 2.75) is 19.9 Å². The molecule has 1 atom stereocenters. The molecule has 12 heavy (non-hydrogen) atoms. The topological polar surface area (TPSA) is 17.1 Å². The van der Waals surface area contributed by atoms with Crippen LogP contribution in [0.5, 0.6) is 0 Å². The summed E-state index contributed by atoms with van der Waals surface area (Å²) < 4.78 is 0.727. The third kappa shape index (κ3) is 3.67. The monoisotopic (exact) mass is 283 g/mol. The lowest BCUT2D eigenvalue weighted by Gasteiger charge is -2.33. The summed E-state index contributed by atoms with van der Waals surface area (Å²) >= 11 is 0. The van der Waals surface area contributed by atoms with E-state index in [1.807, 2.05) is 21.0 Å². The third-order valence-corrected chi connectivity index (χ3v) is 2.48. The van der Waals surface area contributed by atoms with Gasteiger partial charge in [0.2, 0.25) is 5.78 Å². The number of hydrogen-bond donors (Lipinski definition) is 0. The zero-order valence-electron chi connectivity index (χ0n) is 8.30. The van der Waals surface area contributed by atoms with Crippen LogP contribution in [-0.2, 0) is 4.79 Å². The smallest absolute Gasteiger partial charge is 0.211 e. The van der Waals surface area contributed by atoms with Crippen molar-refractivity contribution in [3.63, 3.8) is 0 Å². The molecule has 72 valence electrons. The third-order valence-electron chi connectivity index (χ3n) is 2.48. The molecule has 0 spiro atoms. The molecular weight excluding hydrogens is 265 g/mol. The molecule has 0 saturated heterocycles. The molecule has 0 radical (unpaired) electrons. The second-order valence-electron chi connectivity index (χ2n) is 3.38. The first-order valence-corrected chi connectivity index (χ1v) is 3.94. The highest BCUT2D eigenvalue weighted by molar-refractivity contribution is 5.92. The number of halogens is 1. The number of ketones is 1. The normalized spacial score (nSPS) is 13.0. The molecule has 0 aliphatic rings. The van der Waals surface area contributed by atoms with Crippen LogP contribution in [0.4, 0.5) is 0 Å². The fraction of sp³-hybridized carbons (Fsp3) is 0.667. The molecule has 0 aliphatic carbocycles. The second kappa shape index (κ2) is 5.70. The zero-order valence-corrected chi connectivity index (χ0v) is 10.5. The van der Waals surface area contributed by atoms with Crippen LogP contribution in [0.2, 0.25) is 0 Å². The largest absolute Gasteiger partial charge is 1.00 e. The molecule has 0 N–H and O–H groups in total. The van der Waals surface area contributed by atoms with E-state index in [0.29, 0.717) is 0 Å². The van der Waals surface area contributed by atoms with E-state index in [9.17, 15) is 4.79 Å². The van der Waals surface area contributed by atoms with Crippen LogP contribution in [-0.4, -0.2) is 36.9 Å². The SMILES string of the molecule is C=CC(=O)C(C)[N+](C)(C)CC.[I-]. The Morgan fingerprint density at radius 1 is 1.58 bits per heavy atom. The summed E-state index contributed by atoms with van der Waals surface area (Å²) in [5, 5.41) is 0. The predicted molar refractivity (Wildman–Crippen MR) is 47.3 cm³/mol. The lowest BCUT2D eigenvalue weighted by atomic mass is 10.1. The lowest BCUT2D eigenvalue weighted by Crippen LogP contribution is -3.00. The van der Waals surface area contributed by atoms with Gasteiger partial charge in [0, 0.05) is 0 Å². The average molecular weight is 283 g/mol. The van der Waals surface area contributed by atoms with E-state index in [2.05, 4.69) is 13.5 Å². The minimum atomic E-state index is 0. The Kier molecular flexibility index (Phi) is 6.94. The van der Waals surface area contributed by atoms with Gasteiger partial charge in [-0.3, -0.25) is 4.79 Å². The molecule has 0 fully saturated rings. The van der Waals surface area contributed by atoms with Crippen molar-refractivity contribution in [1.29, 1.82) is 0 Å². The molecule has 0 amide bonds. The fourth-order valence-corrected chi connectivity index (χ4v) is 0.789. The number of rotatable bonds is 4. The molecule has 0 aromatic carbocycles.